The molecule has 0 amide bonds. The molecular weight excluding hydrogens is 462 g/mol. The third kappa shape index (κ3) is 3.14. The lowest BCUT2D eigenvalue weighted by Crippen LogP contribution is -1.95. The molecule has 0 N–H and O–H groups in total. The van der Waals surface area contributed by atoms with Crippen LogP contribution in [0.3, 0.4) is 0 Å². The van der Waals surface area contributed by atoms with E-state index in [2.05, 4.69) is 138 Å². The van der Waals surface area contributed by atoms with Crippen LogP contribution >= 0.6 is 0 Å². The second-order valence-corrected chi connectivity index (χ2v) is 9.79. The molecule has 0 radical (unpaired) electrons. The van der Waals surface area contributed by atoms with Crippen LogP contribution in [0.25, 0.3) is 71.7 Å². The predicted molar refractivity (Wildman–Crippen MR) is 159 cm³/mol. The monoisotopic (exact) mass is 485 g/mol. The Hall–Kier alpha value is -5.08. The number of aromatic nitrogens is 1. The van der Waals surface area contributed by atoms with Crippen LogP contribution in [0.4, 0.5) is 0 Å². The standard InChI is InChI=1S/C36H23NO/c1-3-10-24(11-4-1)27-18-20-30-33(22-27)37(32-17-9-15-26-14-7-8-16-29(26)32)36-35(30)31-21-19-28(23-34(31)38-36)25-12-5-2-6-13-25/h1-23H. The van der Waals surface area contributed by atoms with E-state index in [1.54, 1.807) is 0 Å². The summed E-state index contributed by atoms with van der Waals surface area (Å²) in [4.78, 5) is 0. The predicted octanol–water partition coefficient (Wildman–Crippen LogP) is 10.0. The average Bonchev–Trinajstić information content (AvgIpc) is 3.51. The molecule has 178 valence electrons. The molecule has 0 saturated heterocycles. The first-order valence-corrected chi connectivity index (χ1v) is 12.9. The first-order valence-electron chi connectivity index (χ1n) is 12.9. The van der Waals surface area contributed by atoms with Crippen LogP contribution in [-0.2, 0) is 0 Å². The highest BCUT2D eigenvalue weighted by Crippen LogP contribution is 2.42. The zero-order valence-corrected chi connectivity index (χ0v) is 20.6. The van der Waals surface area contributed by atoms with Crippen molar-refractivity contribution in [2.45, 2.75) is 0 Å². The first-order chi connectivity index (χ1) is 18.8. The summed E-state index contributed by atoms with van der Waals surface area (Å²) in [5.74, 6) is 0. The lowest BCUT2D eigenvalue weighted by atomic mass is 10.0. The van der Waals surface area contributed by atoms with E-state index in [4.69, 9.17) is 4.42 Å². The van der Waals surface area contributed by atoms with Gasteiger partial charge in [-0.05, 0) is 51.9 Å². The van der Waals surface area contributed by atoms with Gasteiger partial charge in [-0.15, -0.1) is 0 Å². The molecule has 38 heavy (non-hydrogen) atoms. The van der Waals surface area contributed by atoms with Crippen LogP contribution in [0.15, 0.2) is 144 Å². The van der Waals surface area contributed by atoms with Crippen molar-refractivity contribution in [3.05, 3.63) is 140 Å². The van der Waals surface area contributed by atoms with E-state index in [0.717, 1.165) is 38.8 Å². The number of benzene rings is 6. The van der Waals surface area contributed by atoms with E-state index in [0.29, 0.717) is 0 Å². The maximum absolute atomic E-state index is 6.74. The summed E-state index contributed by atoms with van der Waals surface area (Å²) in [5.41, 5.74) is 8.78. The number of hydrogen-bond donors (Lipinski definition) is 0. The Morgan fingerprint density at radius 2 is 1.08 bits per heavy atom. The van der Waals surface area contributed by atoms with Gasteiger partial charge in [-0.2, -0.15) is 0 Å². The zero-order chi connectivity index (χ0) is 25.1. The number of hydrogen-bond acceptors (Lipinski definition) is 1. The molecule has 0 aliphatic rings. The van der Waals surface area contributed by atoms with E-state index in [9.17, 15) is 0 Å². The molecule has 0 fully saturated rings. The summed E-state index contributed by atoms with van der Waals surface area (Å²) in [7, 11) is 0. The van der Waals surface area contributed by atoms with E-state index in [1.807, 2.05) is 6.07 Å². The van der Waals surface area contributed by atoms with Crippen LogP contribution in [0, 0.1) is 0 Å². The van der Waals surface area contributed by atoms with Crippen LogP contribution in [0.2, 0.25) is 0 Å². The lowest BCUT2D eigenvalue weighted by Gasteiger charge is -2.11. The Balaban J connectivity index is 1.48. The largest absolute Gasteiger partial charge is 0.439 e. The number of furan rings is 1. The Kier molecular flexibility index (Phi) is 4.55. The normalized spacial score (nSPS) is 11.7. The molecule has 8 rings (SSSR count). The third-order valence-electron chi connectivity index (χ3n) is 7.60. The molecule has 8 aromatic rings. The van der Waals surface area contributed by atoms with Crippen molar-refractivity contribution >= 4 is 43.7 Å². The average molecular weight is 486 g/mol. The summed E-state index contributed by atoms with van der Waals surface area (Å²) in [6, 6.07) is 49.4. The molecule has 0 saturated carbocycles. The van der Waals surface area contributed by atoms with Gasteiger partial charge in [0, 0.05) is 16.2 Å². The van der Waals surface area contributed by atoms with Gasteiger partial charge < -0.3 is 4.42 Å². The maximum atomic E-state index is 6.74. The minimum atomic E-state index is 0.877. The van der Waals surface area contributed by atoms with Crippen LogP contribution in [-0.4, -0.2) is 4.57 Å². The highest BCUT2D eigenvalue weighted by Gasteiger charge is 2.21. The summed E-state index contributed by atoms with van der Waals surface area (Å²) in [6.07, 6.45) is 0. The molecule has 0 bridgehead atoms. The second-order valence-electron chi connectivity index (χ2n) is 9.79. The van der Waals surface area contributed by atoms with Gasteiger partial charge >= 0.3 is 0 Å². The van der Waals surface area contributed by atoms with Crippen molar-refractivity contribution in [3.63, 3.8) is 0 Å². The molecule has 0 aliphatic heterocycles. The lowest BCUT2D eigenvalue weighted by molar-refractivity contribution is 0.646. The van der Waals surface area contributed by atoms with Crippen molar-refractivity contribution < 1.29 is 4.42 Å². The Morgan fingerprint density at radius 1 is 0.447 bits per heavy atom. The van der Waals surface area contributed by atoms with E-state index < -0.39 is 0 Å². The topological polar surface area (TPSA) is 18.1 Å². The molecule has 2 heterocycles. The summed E-state index contributed by atoms with van der Waals surface area (Å²) in [6.45, 7) is 0. The summed E-state index contributed by atoms with van der Waals surface area (Å²) < 4.78 is 9.05. The first kappa shape index (κ1) is 21.0. The Labute approximate surface area is 220 Å². The number of nitrogens with zero attached hydrogens (tertiary/aromatic N) is 1. The molecule has 0 atom stereocenters. The van der Waals surface area contributed by atoms with Crippen LogP contribution in [0.5, 0.6) is 0 Å². The molecule has 2 aromatic heterocycles. The number of fused-ring (bicyclic) bond motifs is 6. The van der Waals surface area contributed by atoms with E-state index in [-0.39, 0.29) is 0 Å². The van der Waals surface area contributed by atoms with Gasteiger partial charge in [0.05, 0.1) is 16.6 Å². The fourth-order valence-electron chi connectivity index (χ4n) is 5.80. The number of rotatable bonds is 3. The minimum Gasteiger partial charge on any atom is -0.439 e. The van der Waals surface area contributed by atoms with Crippen molar-refractivity contribution in [1.29, 1.82) is 0 Å². The van der Waals surface area contributed by atoms with Gasteiger partial charge in [-0.3, -0.25) is 4.57 Å². The SMILES string of the molecule is c1ccc(-c2ccc3c(c2)oc2c3c3ccc(-c4ccccc4)cc3n2-c2cccc3ccccc23)cc1. The van der Waals surface area contributed by atoms with Crippen molar-refractivity contribution in [3.8, 4) is 27.9 Å². The van der Waals surface area contributed by atoms with Crippen molar-refractivity contribution in [2.75, 3.05) is 0 Å². The van der Waals surface area contributed by atoms with Gasteiger partial charge in [-0.1, -0.05) is 115 Å². The minimum absolute atomic E-state index is 0.877. The molecule has 6 aromatic carbocycles. The van der Waals surface area contributed by atoms with Crippen molar-refractivity contribution in [1.82, 2.24) is 4.57 Å². The molecule has 2 nitrogen and oxygen atoms in total. The Morgan fingerprint density at radius 3 is 1.84 bits per heavy atom. The zero-order valence-electron chi connectivity index (χ0n) is 20.6. The second kappa shape index (κ2) is 8.22. The highest BCUT2D eigenvalue weighted by atomic mass is 16.3. The van der Waals surface area contributed by atoms with Gasteiger partial charge in [0.15, 0.2) is 0 Å². The Bertz CT molecular complexity index is 2110. The van der Waals surface area contributed by atoms with Crippen LogP contribution in [0.1, 0.15) is 0 Å². The van der Waals surface area contributed by atoms with Gasteiger partial charge in [0.1, 0.15) is 5.58 Å². The molecule has 0 aliphatic carbocycles. The van der Waals surface area contributed by atoms with Crippen LogP contribution < -0.4 is 0 Å². The maximum Gasteiger partial charge on any atom is 0.213 e. The summed E-state index contributed by atoms with van der Waals surface area (Å²) >= 11 is 0. The smallest absolute Gasteiger partial charge is 0.213 e. The summed E-state index contributed by atoms with van der Waals surface area (Å²) in [5, 5.41) is 5.89. The van der Waals surface area contributed by atoms with E-state index in [1.165, 1.54) is 32.8 Å². The molecule has 2 heteroatoms. The fourth-order valence-corrected chi connectivity index (χ4v) is 5.80. The molecule has 0 unspecified atom stereocenters. The van der Waals surface area contributed by atoms with Gasteiger partial charge in [0.25, 0.3) is 0 Å². The van der Waals surface area contributed by atoms with Crippen molar-refractivity contribution in [2.24, 2.45) is 0 Å². The van der Waals surface area contributed by atoms with Gasteiger partial charge in [0.2, 0.25) is 5.71 Å². The quantitative estimate of drug-likeness (QED) is 0.243. The third-order valence-corrected chi connectivity index (χ3v) is 7.60. The fraction of sp³-hybridized carbons (Fsp3) is 0. The molecule has 0 spiro atoms. The molecular formula is C36H23NO. The van der Waals surface area contributed by atoms with E-state index >= 15 is 0 Å². The van der Waals surface area contributed by atoms with Gasteiger partial charge in [-0.25, -0.2) is 0 Å². The highest BCUT2D eigenvalue weighted by molar-refractivity contribution is 6.21.